The van der Waals surface area contributed by atoms with Crippen LogP contribution in [0.1, 0.15) is 23.2 Å². The van der Waals surface area contributed by atoms with E-state index in [0.29, 0.717) is 18.7 Å². The van der Waals surface area contributed by atoms with Gasteiger partial charge in [-0.15, -0.1) is 0 Å². The van der Waals surface area contributed by atoms with Gasteiger partial charge in [0.1, 0.15) is 0 Å². The smallest absolute Gasteiger partial charge is 0.253 e. The fourth-order valence-electron chi connectivity index (χ4n) is 3.01. The van der Waals surface area contributed by atoms with Crippen molar-refractivity contribution in [2.45, 2.75) is 12.8 Å². The first-order valence-electron chi connectivity index (χ1n) is 7.89. The summed E-state index contributed by atoms with van der Waals surface area (Å²) >= 11 is 0. The summed E-state index contributed by atoms with van der Waals surface area (Å²) in [6.07, 6.45) is 1.59. The zero-order valence-corrected chi connectivity index (χ0v) is 12.9. The lowest BCUT2D eigenvalue weighted by Crippen LogP contribution is -2.44. The third kappa shape index (κ3) is 3.42. The summed E-state index contributed by atoms with van der Waals surface area (Å²) in [5, 5.41) is 0. The molecule has 2 aromatic carbocycles. The zero-order valence-electron chi connectivity index (χ0n) is 12.9. The Labute approximate surface area is 135 Å². The Morgan fingerprint density at radius 1 is 0.957 bits per heavy atom. The largest absolute Gasteiger partial charge is 0.369 e. The summed E-state index contributed by atoms with van der Waals surface area (Å²) in [7, 11) is 0. The van der Waals surface area contributed by atoms with Gasteiger partial charge in [-0.3, -0.25) is 9.59 Å². The molecule has 118 valence electrons. The molecule has 2 N–H and O–H groups in total. The van der Waals surface area contributed by atoms with E-state index in [9.17, 15) is 9.59 Å². The summed E-state index contributed by atoms with van der Waals surface area (Å²) in [6, 6.07) is 17.6. The van der Waals surface area contributed by atoms with Crippen LogP contribution in [0.15, 0.2) is 54.6 Å². The van der Waals surface area contributed by atoms with Crippen LogP contribution in [0.4, 0.5) is 0 Å². The lowest BCUT2D eigenvalue weighted by atomic mass is 9.96. The molecule has 1 unspecified atom stereocenters. The van der Waals surface area contributed by atoms with Crippen LogP contribution in [0.25, 0.3) is 11.1 Å². The predicted molar refractivity (Wildman–Crippen MR) is 89.7 cm³/mol. The molecule has 4 nitrogen and oxygen atoms in total. The Kier molecular flexibility index (Phi) is 4.42. The van der Waals surface area contributed by atoms with E-state index in [0.717, 1.165) is 24.0 Å². The maximum absolute atomic E-state index is 12.6. The number of likely N-dealkylation sites (tertiary alicyclic amines) is 1. The topological polar surface area (TPSA) is 63.4 Å². The summed E-state index contributed by atoms with van der Waals surface area (Å²) in [6.45, 7) is 1.11. The van der Waals surface area contributed by atoms with Crippen LogP contribution in [0.2, 0.25) is 0 Å². The van der Waals surface area contributed by atoms with E-state index in [2.05, 4.69) is 0 Å². The first kappa shape index (κ1) is 15.3. The van der Waals surface area contributed by atoms with Gasteiger partial charge in [-0.1, -0.05) is 42.5 Å². The molecule has 2 amide bonds. The number of hydrogen-bond acceptors (Lipinski definition) is 2. The third-order valence-electron chi connectivity index (χ3n) is 4.35. The van der Waals surface area contributed by atoms with Crippen molar-refractivity contribution in [3.8, 4) is 11.1 Å². The zero-order chi connectivity index (χ0) is 16.2. The Morgan fingerprint density at radius 2 is 1.61 bits per heavy atom. The summed E-state index contributed by atoms with van der Waals surface area (Å²) in [5.41, 5.74) is 8.23. The van der Waals surface area contributed by atoms with Crippen LogP contribution in [-0.4, -0.2) is 29.8 Å². The van der Waals surface area contributed by atoms with Crippen molar-refractivity contribution in [3.05, 3.63) is 60.2 Å². The molecule has 0 bridgehead atoms. The molecule has 1 saturated heterocycles. The fourth-order valence-corrected chi connectivity index (χ4v) is 3.01. The van der Waals surface area contributed by atoms with E-state index in [1.807, 2.05) is 54.6 Å². The second-order valence-electron chi connectivity index (χ2n) is 5.94. The average Bonchev–Trinajstić information content (AvgIpc) is 2.62. The monoisotopic (exact) mass is 308 g/mol. The highest BCUT2D eigenvalue weighted by Crippen LogP contribution is 2.22. The quantitative estimate of drug-likeness (QED) is 0.947. The van der Waals surface area contributed by atoms with Crippen molar-refractivity contribution in [3.63, 3.8) is 0 Å². The third-order valence-corrected chi connectivity index (χ3v) is 4.35. The number of primary amides is 1. The van der Waals surface area contributed by atoms with Crippen molar-refractivity contribution in [2.24, 2.45) is 11.7 Å². The molecule has 1 fully saturated rings. The van der Waals surface area contributed by atoms with Gasteiger partial charge in [0.2, 0.25) is 5.91 Å². The highest BCUT2D eigenvalue weighted by Gasteiger charge is 2.27. The van der Waals surface area contributed by atoms with Gasteiger partial charge in [0, 0.05) is 18.7 Å². The molecule has 4 heteroatoms. The molecular weight excluding hydrogens is 288 g/mol. The van der Waals surface area contributed by atoms with Gasteiger partial charge < -0.3 is 10.6 Å². The Morgan fingerprint density at radius 3 is 2.26 bits per heavy atom. The molecular formula is C19H20N2O2. The van der Waals surface area contributed by atoms with Crippen molar-refractivity contribution in [1.82, 2.24) is 4.90 Å². The maximum atomic E-state index is 12.6. The number of amides is 2. The van der Waals surface area contributed by atoms with Crippen molar-refractivity contribution >= 4 is 11.8 Å². The number of carbonyl (C=O) groups excluding carboxylic acids is 2. The standard InChI is InChI=1S/C19H20N2O2/c20-18(22)17-7-4-12-21(13-17)19(23)16-10-8-15(9-11-16)14-5-2-1-3-6-14/h1-3,5-6,8-11,17H,4,7,12-13H2,(H2,20,22). The normalized spacial score (nSPS) is 17.7. The molecule has 1 aliphatic rings. The van der Waals surface area contributed by atoms with Gasteiger partial charge in [-0.05, 0) is 36.1 Å². The van der Waals surface area contributed by atoms with Crippen molar-refractivity contribution < 1.29 is 9.59 Å². The summed E-state index contributed by atoms with van der Waals surface area (Å²) < 4.78 is 0. The van der Waals surface area contributed by atoms with Crippen LogP contribution >= 0.6 is 0 Å². The van der Waals surface area contributed by atoms with E-state index >= 15 is 0 Å². The molecule has 3 rings (SSSR count). The number of carbonyl (C=O) groups is 2. The molecule has 1 heterocycles. The Bertz CT molecular complexity index is 695. The van der Waals surface area contributed by atoms with Gasteiger partial charge >= 0.3 is 0 Å². The molecule has 1 aliphatic heterocycles. The van der Waals surface area contributed by atoms with Crippen LogP contribution in [-0.2, 0) is 4.79 Å². The number of nitrogens with two attached hydrogens (primary N) is 1. The van der Waals surface area contributed by atoms with Crippen molar-refractivity contribution in [1.29, 1.82) is 0 Å². The number of hydrogen-bond donors (Lipinski definition) is 1. The van der Waals surface area contributed by atoms with E-state index in [1.54, 1.807) is 4.90 Å². The Balaban J connectivity index is 1.74. The molecule has 0 saturated carbocycles. The van der Waals surface area contributed by atoms with E-state index < -0.39 is 0 Å². The first-order chi connectivity index (χ1) is 11.1. The second-order valence-corrected chi connectivity index (χ2v) is 5.94. The lowest BCUT2D eigenvalue weighted by molar-refractivity contribution is -0.123. The van der Waals surface area contributed by atoms with E-state index in [4.69, 9.17) is 5.73 Å². The highest BCUT2D eigenvalue weighted by atomic mass is 16.2. The van der Waals surface area contributed by atoms with Crippen LogP contribution in [0.5, 0.6) is 0 Å². The fraction of sp³-hybridized carbons (Fsp3) is 0.263. The second kappa shape index (κ2) is 6.65. The van der Waals surface area contributed by atoms with Gasteiger partial charge in [-0.2, -0.15) is 0 Å². The minimum absolute atomic E-state index is 0.0319. The minimum atomic E-state index is -0.318. The average molecular weight is 308 g/mol. The van der Waals surface area contributed by atoms with Gasteiger partial charge in [0.15, 0.2) is 0 Å². The number of rotatable bonds is 3. The predicted octanol–water partition coefficient (Wildman–Crippen LogP) is 2.69. The molecule has 0 aromatic heterocycles. The number of nitrogens with zero attached hydrogens (tertiary/aromatic N) is 1. The lowest BCUT2D eigenvalue weighted by Gasteiger charge is -2.31. The van der Waals surface area contributed by atoms with Crippen molar-refractivity contribution in [2.75, 3.05) is 13.1 Å². The molecule has 0 aliphatic carbocycles. The first-order valence-corrected chi connectivity index (χ1v) is 7.89. The summed E-state index contributed by atoms with van der Waals surface area (Å²) in [4.78, 5) is 25.7. The molecule has 2 aromatic rings. The number of benzene rings is 2. The van der Waals surface area contributed by atoms with Crippen LogP contribution in [0, 0.1) is 5.92 Å². The molecule has 0 radical (unpaired) electrons. The van der Waals surface area contributed by atoms with Gasteiger partial charge in [-0.25, -0.2) is 0 Å². The maximum Gasteiger partial charge on any atom is 0.253 e. The van der Waals surface area contributed by atoms with Gasteiger partial charge in [0.05, 0.1) is 5.92 Å². The summed E-state index contributed by atoms with van der Waals surface area (Å²) in [5.74, 6) is -0.575. The molecule has 0 spiro atoms. The van der Waals surface area contributed by atoms with E-state index in [1.165, 1.54) is 0 Å². The minimum Gasteiger partial charge on any atom is -0.369 e. The van der Waals surface area contributed by atoms with Crippen LogP contribution < -0.4 is 5.73 Å². The Hall–Kier alpha value is -2.62. The van der Waals surface area contributed by atoms with E-state index in [-0.39, 0.29) is 17.7 Å². The van der Waals surface area contributed by atoms with Crippen LogP contribution in [0.3, 0.4) is 0 Å². The number of piperidine rings is 1. The molecule has 23 heavy (non-hydrogen) atoms. The SMILES string of the molecule is NC(=O)C1CCCN(C(=O)c2ccc(-c3ccccc3)cc2)C1. The highest BCUT2D eigenvalue weighted by molar-refractivity contribution is 5.95. The molecule has 1 atom stereocenters. The van der Waals surface area contributed by atoms with Gasteiger partial charge in [0.25, 0.3) is 5.91 Å².